The maximum atomic E-state index is 11.9. The minimum Gasteiger partial charge on any atom is -0.497 e. The molecule has 1 aromatic carbocycles. The Morgan fingerprint density at radius 3 is 2.74 bits per heavy atom. The molecule has 0 bridgehead atoms. The topological polar surface area (TPSA) is 47.9 Å². The first-order chi connectivity index (χ1) is 9.20. The lowest BCUT2D eigenvalue weighted by atomic mass is 10.2. The average Bonchev–Trinajstić information content (AvgIpc) is 2.46. The van der Waals surface area contributed by atoms with Crippen molar-refractivity contribution in [1.82, 2.24) is 0 Å². The van der Waals surface area contributed by atoms with E-state index in [1.165, 1.54) is 0 Å². The lowest BCUT2D eigenvalue weighted by Gasteiger charge is -2.11. The van der Waals surface area contributed by atoms with Crippen molar-refractivity contribution in [1.29, 1.82) is 0 Å². The largest absolute Gasteiger partial charge is 0.497 e. The molecule has 0 aliphatic carbocycles. The lowest BCUT2D eigenvalue weighted by molar-refractivity contribution is -0.140. The molecular weight excluding hydrogens is 262 g/mol. The first-order valence-electron chi connectivity index (χ1n) is 5.84. The quantitative estimate of drug-likeness (QED) is 0.794. The Bertz CT molecular complexity index is 520. The summed E-state index contributed by atoms with van der Waals surface area (Å²) in [5.41, 5.74) is 3.97. The number of methoxy groups -OCH3 is 1. The van der Waals surface area contributed by atoms with Crippen LogP contribution in [0.15, 0.2) is 40.5 Å². The monoisotopic (exact) mass is 277 g/mol. The molecule has 5 heteroatoms. The van der Waals surface area contributed by atoms with Gasteiger partial charge >= 0.3 is 5.97 Å². The SMILES string of the molecule is COc1ccc(COC(=O)C2=C(C)CSC=N2)cc1. The standard InChI is InChI=1S/C14H15NO3S/c1-10-8-19-9-15-13(10)14(16)18-7-11-3-5-12(17-2)6-4-11/h3-6,9H,7-8H2,1-2H3. The number of hydrogen-bond acceptors (Lipinski definition) is 5. The number of hydrogen-bond donors (Lipinski definition) is 0. The highest BCUT2D eigenvalue weighted by molar-refractivity contribution is 8.12. The summed E-state index contributed by atoms with van der Waals surface area (Å²) < 4.78 is 10.3. The maximum absolute atomic E-state index is 11.9. The van der Waals surface area contributed by atoms with Gasteiger partial charge in [0.15, 0.2) is 0 Å². The summed E-state index contributed by atoms with van der Waals surface area (Å²) >= 11 is 1.57. The van der Waals surface area contributed by atoms with Gasteiger partial charge < -0.3 is 9.47 Å². The summed E-state index contributed by atoms with van der Waals surface area (Å²) in [6.07, 6.45) is 0. The van der Waals surface area contributed by atoms with Crippen LogP contribution in [0.5, 0.6) is 5.75 Å². The van der Waals surface area contributed by atoms with Gasteiger partial charge in [0.25, 0.3) is 0 Å². The molecule has 0 atom stereocenters. The van der Waals surface area contributed by atoms with E-state index in [1.807, 2.05) is 31.2 Å². The van der Waals surface area contributed by atoms with Gasteiger partial charge in [0.2, 0.25) is 0 Å². The Balaban J connectivity index is 1.94. The number of aliphatic imine (C=N–C) groups is 1. The predicted molar refractivity (Wildman–Crippen MR) is 76.4 cm³/mol. The zero-order valence-corrected chi connectivity index (χ0v) is 11.7. The second-order valence-corrected chi connectivity index (χ2v) is 4.93. The fourth-order valence-corrected chi connectivity index (χ4v) is 2.24. The minimum absolute atomic E-state index is 0.238. The highest BCUT2D eigenvalue weighted by Gasteiger charge is 2.16. The van der Waals surface area contributed by atoms with Crippen LogP contribution in [0.2, 0.25) is 0 Å². The van der Waals surface area contributed by atoms with Crippen LogP contribution in [0.3, 0.4) is 0 Å². The predicted octanol–water partition coefficient (Wildman–Crippen LogP) is 2.79. The molecule has 0 radical (unpaired) electrons. The molecule has 1 aliphatic heterocycles. The fourth-order valence-electron chi connectivity index (χ4n) is 1.60. The molecule has 100 valence electrons. The fraction of sp³-hybridized carbons (Fsp3) is 0.286. The Morgan fingerprint density at radius 2 is 2.11 bits per heavy atom. The van der Waals surface area contributed by atoms with Crippen LogP contribution in [-0.4, -0.2) is 24.4 Å². The molecule has 1 aliphatic rings. The molecule has 0 amide bonds. The third kappa shape index (κ3) is 3.61. The number of nitrogens with zero attached hydrogens (tertiary/aromatic N) is 1. The van der Waals surface area contributed by atoms with Gasteiger partial charge in [-0.2, -0.15) is 0 Å². The van der Waals surface area contributed by atoms with Crippen molar-refractivity contribution in [2.75, 3.05) is 12.9 Å². The summed E-state index contributed by atoms with van der Waals surface area (Å²) in [4.78, 5) is 16.0. The number of ether oxygens (including phenoxy) is 2. The van der Waals surface area contributed by atoms with E-state index >= 15 is 0 Å². The molecule has 0 N–H and O–H groups in total. The molecule has 2 rings (SSSR count). The molecular formula is C14H15NO3S. The van der Waals surface area contributed by atoms with Gasteiger partial charge in [-0.15, -0.1) is 11.8 Å². The van der Waals surface area contributed by atoms with Gasteiger partial charge in [0, 0.05) is 5.75 Å². The van der Waals surface area contributed by atoms with Crippen LogP contribution >= 0.6 is 11.8 Å². The highest BCUT2D eigenvalue weighted by Crippen LogP contribution is 2.19. The summed E-state index contributed by atoms with van der Waals surface area (Å²) in [5, 5.41) is 0. The third-order valence-electron chi connectivity index (χ3n) is 2.68. The smallest absolute Gasteiger partial charge is 0.357 e. The number of carbonyl (C=O) groups is 1. The van der Waals surface area contributed by atoms with Gasteiger partial charge in [0.05, 0.1) is 12.7 Å². The van der Waals surface area contributed by atoms with Gasteiger partial charge in [-0.05, 0) is 30.2 Å². The van der Waals surface area contributed by atoms with Crippen molar-refractivity contribution in [2.24, 2.45) is 4.99 Å². The summed E-state index contributed by atoms with van der Waals surface area (Å²) in [7, 11) is 1.61. The van der Waals surface area contributed by atoms with Crippen LogP contribution in [-0.2, 0) is 16.1 Å². The Hall–Kier alpha value is -1.75. The van der Waals surface area contributed by atoms with Crippen molar-refractivity contribution in [3.8, 4) is 5.75 Å². The second kappa shape index (κ2) is 6.43. The third-order valence-corrected chi connectivity index (χ3v) is 3.54. The van der Waals surface area contributed by atoms with E-state index in [2.05, 4.69) is 4.99 Å². The van der Waals surface area contributed by atoms with Gasteiger partial charge in [-0.25, -0.2) is 9.79 Å². The van der Waals surface area contributed by atoms with E-state index in [9.17, 15) is 4.79 Å². The molecule has 0 saturated heterocycles. The molecule has 19 heavy (non-hydrogen) atoms. The summed E-state index contributed by atoms with van der Waals surface area (Å²) in [6, 6.07) is 7.41. The average molecular weight is 277 g/mol. The van der Waals surface area contributed by atoms with Gasteiger partial charge in [-0.1, -0.05) is 12.1 Å². The van der Waals surface area contributed by atoms with E-state index in [1.54, 1.807) is 24.4 Å². The van der Waals surface area contributed by atoms with Crippen LogP contribution in [0, 0.1) is 0 Å². The van der Waals surface area contributed by atoms with Crippen LogP contribution < -0.4 is 4.74 Å². The summed E-state index contributed by atoms with van der Waals surface area (Å²) in [5.74, 6) is 1.20. The zero-order valence-electron chi connectivity index (χ0n) is 10.9. The molecule has 4 nitrogen and oxygen atoms in total. The number of benzene rings is 1. The first-order valence-corrected chi connectivity index (χ1v) is 6.89. The van der Waals surface area contributed by atoms with Crippen molar-refractivity contribution in [2.45, 2.75) is 13.5 Å². The van der Waals surface area contributed by atoms with Crippen LogP contribution in [0.25, 0.3) is 0 Å². The second-order valence-electron chi connectivity index (χ2n) is 4.10. The van der Waals surface area contributed by atoms with E-state index in [0.717, 1.165) is 22.6 Å². The molecule has 0 spiro atoms. The normalized spacial score (nSPS) is 14.4. The number of esters is 1. The Morgan fingerprint density at radius 1 is 1.37 bits per heavy atom. The Labute approximate surface area is 116 Å². The van der Waals surface area contributed by atoms with Crippen LogP contribution in [0.4, 0.5) is 0 Å². The molecule has 0 aromatic heterocycles. The lowest BCUT2D eigenvalue weighted by Crippen LogP contribution is -2.11. The zero-order chi connectivity index (χ0) is 13.7. The van der Waals surface area contributed by atoms with Crippen LogP contribution in [0.1, 0.15) is 12.5 Å². The Kier molecular flexibility index (Phi) is 4.63. The molecule has 0 unspecified atom stereocenters. The number of rotatable bonds is 4. The van der Waals surface area contributed by atoms with Crippen molar-refractivity contribution >= 4 is 23.3 Å². The van der Waals surface area contributed by atoms with E-state index in [-0.39, 0.29) is 12.6 Å². The maximum Gasteiger partial charge on any atom is 0.357 e. The van der Waals surface area contributed by atoms with Crippen molar-refractivity contribution in [3.05, 3.63) is 41.1 Å². The van der Waals surface area contributed by atoms with E-state index < -0.39 is 0 Å². The molecule has 1 aromatic rings. The summed E-state index contributed by atoms with van der Waals surface area (Å²) in [6.45, 7) is 2.13. The molecule has 1 heterocycles. The number of carbonyl (C=O) groups excluding carboxylic acids is 1. The van der Waals surface area contributed by atoms with E-state index in [0.29, 0.717) is 5.70 Å². The van der Waals surface area contributed by atoms with Gasteiger partial charge in [0.1, 0.15) is 18.1 Å². The first kappa shape index (κ1) is 13.7. The van der Waals surface area contributed by atoms with Crippen molar-refractivity contribution < 1.29 is 14.3 Å². The van der Waals surface area contributed by atoms with Crippen molar-refractivity contribution in [3.63, 3.8) is 0 Å². The molecule has 0 fully saturated rings. The highest BCUT2D eigenvalue weighted by atomic mass is 32.2. The number of thioether (sulfide) groups is 1. The van der Waals surface area contributed by atoms with Gasteiger partial charge in [-0.3, -0.25) is 0 Å². The minimum atomic E-state index is -0.370. The molecule has 0 saturated carbocycles. The van der Waals surface area contributed by atoms with E-state index in [4.69, 9.17) is 9.47 Å².